The topological polar surface area (TPSA) is 55.1 Å². The van der Waals surface area contributed by atoms with Gasteiger partial charge < -0.3 is 9.31 Å². The SMILES string of the molecule is CC1(C)OB(c2ccc(C3(C#N)CC3)cn2)OC1(C)C. The second-order valence-corrected chi connectivity index (χ2v) is 6.75. The summed E-state index contributed by atoms with van der Waals surface area (Å²) in [7, 11) is -0.439. The summed E-state index contributed by atoms with van der Waals surface area (Å²) in [6, 6.07) is 6.27. The van der Waals surface area contributed by atoms with Crippen LogP contribution in [0.25, 0.3) is 0 Å². The molecule has 0 atom stereocenters. The highest BCUT2D eigenvalue weighted by atomic mass is 16.7. The minimum atomic E-state index is -0.439. The van der Waals surface area contributed by atoms with Crippen LogP contribution in [-0.4, -0.2) is 23.3 Å². The average molecular weight is 270 g/mol. The van der Waals surface area contributed by atoms with Crippen LogP contribution in [0.2, 0.25) is 0 Å². The maximum Gasteiger partial charge on any atom is 0.514 e. The van der Waals surface area contributed by atoms with Gasteiger partial charge in [0.05, 0.1) is 28.3 Å². The van der Waals surface area contributed by atoms with Crippen molar-refractivity contribution in [3.8, 4) is 6.07 Å². The second kappa shape index (κ2) is 4.06. The molecule has 0 amide bonds. The summed E-state index contributed by atoms with van der Waals surface area (Å²) < 4.78 is 11.9. The van der Waals surface area contributed by atoms with Gasteiger partial charge in [-0.1, -0.05) is 6.07 Å². The second-order valence-electron chi connectivity index (χ2n) is 6.75. The predicted octanol–water partition coefficient (Wildman–Crippen LogP) is 1.94. The highest BCUT2D eigenvalue weighted by Crippen LogP contribution is 2.47. The molecule has 0 bridgehead atoms. The van der Waals surface area contributed by atoms with E-state index in [1.165, 1.54) is 0 Å². The van der Waals surface area contributed by atoms with E-state index in [4.69, 9.17) is 9.31 Å². The van der Waals surface area contributed by atoms with Crippen molar-refractivity contribution < 1.29 is 9.31 Å². The fraction of sp³-hybridized carbons (Fsp3) is 0.600. The van der Waals surface area contributed by atoms with Crippen molar-refractivity contribution >= 4 is 12.7 Å². The maximum absolute atomic E-state index is 9.20. The number of nitrogens with zero attached hydrogens (tertiary/aromatic N) is 2. The molecule has 1 saturated heterocycles. The molecule has 2 heterocycles. The summed E-state index contributed by atoms with van der Waals surface area (Å²) in [5.74, 6) is 0. The van der Waals surface area contributed by atoms with Crippen molar-refractivity contribution in [2.24, 2.45) is 0 Å². The molecule has 1 aliphatic heterocycles. The number of rotatable bonds is 2. The molecule has 2 fully saturated rings. The molecular formula is C15H19BN2O2. The zero-order chi connectivity index (χ0) is 14.6. The van der Waals surface area contributed by atoms with Gasteiger partial charge in [0.25, 0.3) is 0 Å². The molecule has 0 spiro atoms. The Balaban J connectivity index is 1.82. The third kappa shape index (κ3) is 1.95. The molecule has 1 aromatic heterocycles. The molecular weight excluding hydrogens is 251 g/mol. The van der Waals surface area contributed by atoms with Crippen LogP contribution in [0.5, 0.6) is 0 Å². The Morgan fingerprint density at radius 1 is 1.15 bits per heavy atom. The number of pyridine rings is 1. The summed E-state index contributed by atoms with van der Waals surface area (Å²) in [6.07, 6.45) is 3.65. The van der Waals surface area contributed by atoms with Crippen LogP contribution in [0.1, 0.15) is 46.1 Å². The highest BCUT2D eigenvalue weighted by molar-refractivity contribution is 6.61. The normalized spacial score (nSPS) is 25.2. The molecule has 104 valence electrons. The zero-order valence-electron chi connectivity index (χ0n) is 12.4. The summed E-state index contributed by atoms with van der Waals surface area (Å²) in [4.78, 5) is 4.44. The quantitative estimate of drug-likeness (QED) is 0.770. The molecule has 0 unspecified atom stereocenters. The van der Waals surface area contributed by atoms with E-state index >= 15 is 0 Å². The van der Waals surface area contributed by atoms with Gasteiger partial charge in [-0.15, -0.1) is 0 Å². The Labute approximate surface area is 120 Å². The van der Waals surface area contributed by atoms with E-state index < -0.39 is 7.12 Å². The van der Waals surface area contributed by atoms with Gasteiger partial charge in [-0.3, -0.25) is 4.98 Å². The van der Waals surface area contributed by atoms with Crippen molar-refractivity contribution in [1.29, 1.82) is 5.26 Å². The minimum Gasteiger partial charge on any atom is -0.398 e. The Bertz CT molecular complexity index is 555. The minimum absolute atomic E-state index is 0.290. The van der Waals surface area contributed by atoms with Crippen molar-refractivity contribution in [1.82, 2.24) is 4.98 Å². The van der Waals surface area contributed by atoms with E-state index in [1.807, 2.05) is 39.8 Å². The lowest BCUT2D eigenvalue weighted by Crippen LogP contribution is -2.41. The van der Waals surface area contributed by atoms with E-state index in [0.29, 0.717) is 0 Å². The lowest BCUT2D eigenvalue weighted by molar-refractivity contribution is 0.00578. The molecule has 1 aromatic rings. The monoisotopic (exact) mass is 270 g/mol. The van der Waals surface area contributed by atoms with Crippen molar-refractivity contribution in [3.05, 3.63) is 23.9 Å². The van der Waals surface area contributed by atoms with E-state index in [2.05, 4.69) is 11.1 Å². The molecule has 3 rings (SSSR count). The first-order chi connectivity index (χ1) is 9.30. The van der Waals surface area contributed by atoms with Crippen molar-refractivity contribution in [3.63, 3.8) is 0 Å². The maximum atomic E-state index is 9.20. The number of nitriles is 1. The Morgan fingerprint density at radius 3 is 2.15 bits per heavy atom. The van der Waals surface area contributed by atoms with E-state index in [-0.39, 0.29) is 16.6 Å². The zero-order valence-corrected chi connectivity index (χ0v) is 12.4. The van der Waals surface area contributed by atoms with Gasteiger partial charge in [-0.2, -0.15) is 5.26 Å². The van der Waals surface area contributed by atoms with Gasteiger partial charge in [0.15, 0.2) is 0 Å². The average Bonchev–Trinajstić information content (AvgIpc) is 3.14. The van der Waals surface area contributed by atoms with Gasteiger partial charge in [-0.05, 0) is 52.2 Å². The third-order valence-corrected chi connectivity index (χ3v) is 4.80. The van der Waals surface area contributed by atoms with Crippen LogP contribution < -0.4 is 5.59 Å². The molecule has 1 saturated carbocycles. The molecule has 1 aliphatic carbocycles. The summed E-state index contributed by atoms with van der Waals surface area (Å²) in [6.45, 7) is 8.10. The fourth-order valence-corrected chi connectivity index (χ4v) is 2.38. The van der Waals surface area contributed by atoms with Crippen LogP contribution >= 0.6 is 0 Å². The van der Waals surface area contributed by atoms with Gasteiger partial charge in [0.1, 0.15) is 0 Å². The Kier molecular flexibility index (Phi) is 2.76. The van der Waals surface area contributed by atoms with Crippen LogP contribution in [0.3, 0.4) is 0 Å². The molecule has 0 aromatic carbocycles. The van der Waals surface area contributed by atoms with Crippen LogP contribution in [0, 0.1) is 11.3 Å². The molecule has 2 aliphatic rings. The number of hydrogen-bond acceptors (Lipinski definition) is 4. The van der Waals surface area contributed by atoms with E-state index in [1.54, 1.807) is 6.20 Å². The van der Waals surface area contributed by atoms with E-state index in [9.17, 15) is 5.26 Å². The third-order valence-electron chi connectivity index (χ3n) is 4.80. The smallest absolute Gasteiger partial charge is 0.398 e. The predicted molar refractivity (Wildman–Crippen MR) is 76.5 cm³/mol. The lowest BCUT2D eigenvalue weighted by atomic mass is 9.83. The fourth-order valence-electron chi connectivity index (χ4n) is 2.38. The first-order valence-corrected chi connectivity index (χ1v) is 7.03. The van der Waals surface area contributed by atoms with Crippen LogP contribution in [-0.2, 0) is 14.7 Å². The number of hydrogen-bond donors (Lipinski definition) is 0. The van der Waals surface area contributed by atoms with Crippen molar-refractivity contribution in [2.45, 2.75) is 57.2 Å². The molecule has 0 radical (unpaired) electrons. The van der Waals surface area contributed by atoms with Crippen molar-refractivity contribution in [2.75, 3.05) is 0 Å². The van der Waals surface area contributed by atoms with Gasteiger partial charge in [0.2, 0.25) is 0 Å². The molecule has 4 nitrogen and oxygen atoms in total. The van der Waals surface area contributed by atoms with E-state index in [0.717, 1.165) is 24.0 Å². The molecule has 0 N–H and O–H groups in total. The summed E-state index contributed by atoms with van der Waals surface area (Å²) in [5.41, 5.74) is 0.757. The first kappa shape index (κ1) is 13.6. The first-order valence-electron chi connectivity index (χ1n) is 7.03. The molecule has 5 heteroatoms. The highest BCUT2D eigenvalue weighted by Gasteiger charge is 2.52. The van der Waals surface area contributed by atoms with Crippen LogP contribution in [0.15, 0.2) is 18.3 Å². The van der Waals surface area contributed by atoms with Gasteiger partial charge in [-0.25, -0.2) is 0 Å². The largest absolute Gasteiger partial charge is 0.514 e. The van der Waals surface area contributed by atoms with Crippen LogP contribution in [0.4, 0.5) is 0 Å². The Morgan fingerprint density at radius 2 is 1.75 bits per heavy atom. The number of aromatic nitrogens is 1. The Hall–Kier alpha value is -1.38. The summed E-state index contributed by atoms with van der Waals surface area (Å²) in [5, 5.41) is 9.20. The lowest BCUT2D eigenvalue weighted by Gasteiger charge is -2.32. The van der Waals surface area contributed by atoms with Gasteiger partial charge >= 0.3 is 7.12 Å². The molecule has 20 heavy (non-hydrogen) atoms. The standard InChI is InChI=1S/C15H19BN2O2/c1-13(2)14(3,4)20-16(19-13)12-6-5-11(9-18-12)15(10-17)7-8-15/h5-6,9H,7-8H2,1-4H3. The van der Waals surface area contributed by atoms with Gasteiger partial charge in [0, 0.05) is 6.20 Å². The summed E-state index contributed by atoms with van der Waals surface area (Å²) >= 11 is 0.